The maximum Gasteiger partial charge on any atom is 0.321 e. The van der Waals surface area contributed by atoms with E-state index in [1.165, 1.54) is 5.57 Å². The third kappa shape index (κ3) is 5.60. The third-order valence-electron chi connectivity index (χ3n) is 4.13. The van der Waals surface area contributed by atoms with Crippen LogP contribution in [0, 0.1) is 0 Å². The first-order chi connectivity index (χ1) is 11.7. The molecular formula is C19H27N3O3. The van der Waals surface area contributed by atoms with E-state index >= 15 is 0 Å². The van der Waals surface area contributed by atoms with Crippen LogP contribution in [0.15, 0.2) is 30.3 Å². The Kier molecular flexibility index (Phi) is 5.85. The highest BCUT2D eigenvalue weighted by atomic mass is 16.3. The lowest BCUT2D eigenvalue weighted by atomic mass is 9.98. The topological polar surface area (TPSA) is 81.7 Å². The molecule has 3 amide bonds. The molecule has 0 radical (unpaired) electrons. The zero-order valence-corrected chi connectivity index (χ0v) is 15.3. The van der Waals surface area contributed by atoms with Crippen LogP contribution >= 0.6 is 0 Å². The summed E-state index contributed by atoms with van der Waals surface area (Å²) in [7, 11) is 0. The van der Waals surface area contributed by atoms with Gasteiger partial charge in [0.2, 0.25) is 5.91 Å². The SMILES string of the molecule is CC(C(=O)NC(=O)NC(C)(C)C)N1CC=C(c2ccc(O)cc2)CC1. The number of imide groups is 1. The molecule has 1 aliphatic rings. The van der Waals surface area contributed by atoms with Crippen molar-refractivity contribution >= 4 is 17.5 Å². The molecule has 0 spiro atoms. The molecule has 136 valence electrons. The molecule has 1 aromatic carbocycles. The quantitative estimate of drug-likeness (QED) is 0.786. The van der Waals surface area contributed by atoms with Crippen molar-refractivity contribution in [3.8, 4) is 5.75 Å². The average Bonchev–Trinajstić information content (AvgIpc) is 2.53. The van der Waals surface area contributed by atoms with Gasteiger partial charge in [0.1, 0.15) is 5.75 Å². The summed E-state index contributed by atoms with van der Waals surface area (Å²) in [6.07, 6.45) is 2.91. The minimum absolute atomic E-state index is 0.251. The predicted octanol–water partition coefficient (Wildman–Crippen LogP) is 2.49. The molecule has 2 rings (SSSR count). The minimum Gasteiger partial charge on any atom is -0.508 e. The van der Waals surface area contributed by atoms with Crippen LogP contribution in [0.1, 0.15) is 39.7 Å². The average molecular weight is 345 g/mol. The molecular weight excluding hydrogens is 318 g/mol. The smallest absolute Gasteiger partial charge is 0.321 e. The number of benzene rings is 1. The van der Waals surface area contributed by atoms with Gasteiger partial charge in [-0.1, -0.05) is 18.2 Å². The third-order valence-corrected chi connectivity index (χ3v) is 4.13. The van der Waals surface area contributed by atoms with Crippen molar-refractivity contribution in [1.82, 2.24) is 15.5 Å². The largest absolute Gasteiger partial charge is 0.508 e. The number of rotatable bonds is 3. The Morgan fingerprint density at radius 1 is 1.20 bits per heavy atom. The van der Waals surface area contributed by atoms with Crippen molar-refractivity contribution in [3.63, 3.8) is 0 Å². The van der Waals surface area contributed by atoms with E-state index in [9.17, 15) is 14.7 Å². The summed E-state index contributed by atoms with van der Waals surface area (Å²) in [5.41, 5.74) is 1.90. The molecule has 0 aliphatic carbocycles. The molecule has 0 bridgehead atoms. The number of hydrogen-bond acceptors (Lipinski definition) is 4. The van der Waals surface area contributed by atoms with E-state index in [0.29, 0.717) is 6.54 Å². The Balaban J connectivity index is 1.91. The van der Waals surface area contributed by atoms with Crippen LogP contribution in [0.25, 0.3) is 5.57 Å². The molecule has 1 atom stereocenters. The molecule has 0 aromatic heterocycles. The Bertz CT molecular complexity index is 659. The van der Waals surface area contributed by atoms with Crippen LogP contribution in [-0.2, 0) is 4.79 Å². The molecule has 0 saturated carbocycles. The lowest BCUT2D eigenvalue weighted by molar-refractivity contribution is -0.124. The van der Waals surface area contributed by atoms with Crippen LogP contribution in [0.4, 0.5) is 4.79 Å². The molecule has 1 aromatic rings. The lowest BCUT2D eigenvalue weighted by Gasteiger charge is -2.31. The van der Waals surface area contributed by atoms with Gasteiger partial charge in [0.15, 0.2) is 0 Å². The fraction of sp³-hybridized carbons (Fsp3) is 0.474. The molecule has 3 N–H and O–H groups in total. The van der Waals surface area contributed by atoms with Crippen molar-refractivity contribution < 1.29 is 14.7 Å². The first-order valence-electron chi connectivity index (χ1n) is 8.51. The van der Waals surface area contributed by atoms with Gasteiger partial charge >= 0.3 is 6.03 Å². The highest BCUT2D eigenvalue weighted by molar-refractivity contribution is 5.97. The number of carbonyl (C=O) groups excluding carboxylic acids is 2. The number of phenolic OH excluding ortho intramolecular Hbond substituents is 1. The molecule has 0 fully saturated rings. The van der Waals surface area contributed by atoms with Gasteiger partial charge < -0.3 is 10.4 Å². The number of urea groups is 1. The van der Waals surface area contributed by atoms with Gasteiger partial charge in [0.25, 0.3) is 0 Å². The normalized spacial score (nSPS) is 16.7. The van der Waals surface area contributed by atoms with Gasteiger partial charge in [0, 0.05) is 18.6 Å². The Morgan fingerprint density at radius 3 is 2.36 bits per heavy atom. The fourth-order valence-electron chi connectivity index (χ4n) is 2.73. The van der Waals surface area contributed by atoms with Gasteiger partial charge in [-0.2, -0.15) is 0 Å². The van der Waals surface area contributed by atoms with E-state index in [0.717, 1.165) is 18.5 Å². The summed E-state index contributed by atoms with van der Waals surface area (Å²) < 4.78 is 0. The monoisotopic (exact) mass is 345 g/mol. The number of nitrogens with one attached hydrogen (secondary N) is 2. The summed E-state index contributed by atoms with van der Waals surface area (Å²) in [6, 6.07) is 6.27. The first-order valence-corrected chi connectivity index (χ1v) is 8.51. The molecule has 6 nitrogen and oxygen atoms in total. The van der Waals surface area contributed by atoms with Crippen molar-refractivity contribution in [3.05, 3.63) is 35.9 Å². The van der Waals surface area contributed by atoms with Crippen LogP contribution in [0.5, 0.6) is 5.75 Å². The van der Waals surface area contributed by atoms with Gasteiger partial charge in [-0.15, -0.1) is 0 Å². The minimum atomic E-state index is -0.471. The van der Waals surface area contributed by atoms with Crippen molar-refractivity contribution in [2.75, 3.05) is 13.1 Å². The van der Waals surface area contributed by atoms with Crippen molar-refractivity contribution in [2.45, 2.75) is 45.7 Å². The highest BCUT2D eigenvalue weighted by Gasteiger charge is 2.25. The molecule has 1 aliphatic heterocycles. The molecule has 25 heavy (non-hydrogen) atoms. The summed E-state index contributed by atoms with van der Waals surface area (Å²) in [6.45, 7) is 8.77. The summed E-state index contributed by atoms with van der Waals surface area (Å²) in [4.78, 5) is 26.1. The molecule has 6 heteroatoms. The molecule has 0 saturated heterocycles. The van der Waals surface area contributed by atoms with E-state index in [1.807, 2.05) is 37.8 Å². The van der Waals surface area contributed by atoms with E-state index in [2.05, 4.69) is 16.7 Å². The standard InChI is InChI=1S/C19H27N3O3/c1-13(17(24)20-18(25)21-19(2,3)4)22-11-9-15(10-12-22)14-5-7-16(23)8-6-14/h5-9,13,23H,10-12H2,1-4H3,(H2,20,21,24,25). The van der Waals surface area contributed by atoms with E-state index in [-0.39, 0.29) is 23.2 Å². The Labute approximate surface area is 148 Å². The van der Waals surface area contributed by atoms with Crippen LogP contribution in [-0.4, -0.2) is 46.6 Å². The maximum absolute atomic E-state index is 12.3. The van der Waals surface area contributed by atoms with Crippen molar-refractivity contribution in [2.24, 2.45) is 0 Å². The van der Waals surface area contributed by atoms with Gasteiger partial charge in [-0.05, 0) is 57.4 Å². The number of nitrogens with zero attached hydrogens (tertiary/aromatic N) is 1. The van der Waals surface area contributed by atoms with E-state index in [1.54, 1.807) is 19.1 Å². The Hall–Kier alpha value is -2.34. The van der Waals surface area contributed by atoms with Gasteiger partial charge in [-0.3, -0.25) is 15.0 Å². The van der Waals surface area contributed by atoms with Crippen LogP contribution in [0.2, 0.25) is 0 Å². The predicted molar refractivity (Wildman–Crippen MR) is 98.2 cm³/mol. The number of aromatic hydroxyl groups is 1. The second kappa shape index (κ2) is 7.70. The highest BCUT2D eigenvalue weighted by Crippen LogP contribution is 2.24. The summed E-state index contributed by atoms with van der Waals surface area (Å²) in [5, 5.41) is 14.5. The zero-order valence-electron chi connectivity index (χ0n) is 15.3. The second-order valence-corrected chi connectivity index (χ2v) is 7.39. The van der Waals surface area contributed by atoms with Gasteiger partial charge in [0.05, 0.1) is 6.04 Å². The second-order valence-electron chi connectivity index (χ2n) is 7.39. The molecule has 1 unspecified atom stereocenters. The van der Waals surface area contributed by atoms with E-state index in [4.69, 9.17) is 0 Å². The lowest BCUT2D eigenvalue weighted by Crippen LogP contribution is -2.53. The number of hydrogen-bond donors (Lipinski definition) is 3. The first kappa shape index (κ1) is 19.0. The zero-order chi connectivity index (χ0) is 18.6. The summed E-state index contributed by atoms with van der Waals surface area (Å²) >= 11 is 0. The van der Waals surface area contributed by atoms with Crippen molar-refractivity contribution in [1.29, 1.82) is 0 Å². The van der Waals surface area contributed by atoms with E-state index < -0.39 is 6.03 Å². The Morgan fingerprint density at radius 2 is 1.84 bits per heavy atom. The number of carbonyl (C=O) groups is 2. The van der Waals surface area contributed by atoms with Gasteiger partial charge in [-0.25, -0.2) is 4.79 Å². The van der Waals surface area contributed by atoms with Crippen LogP contribution in [0.3, 0.4) is 0 Å². The fourth-order valence-corrected chi connectivity index (χ4v) is 2.73. The van der Waals surface area contributed by atoms with Crippen LogP contribution < -0.4 is 10.6 Å². The maximum atomic E-state index is 12.3. The number of phenols is 1. The summed E-state index contributed by atoms with van der Waals surface area (Å²) in [5.74, 6) is -0.0520. The molecule has 1 heterocycles. The number of amides is 3.